The van der Waals surface area contributed by atoms with Gasteiger partial charge in [-0.2, -0.15) is 13.2 Å². The smallest absolute Gasteiger partial charge is 0.330 e. The molecule has 0 fully saturated rings. The van der Waals surface area contributed by atoms with Crippen LogP contribution in [0.1, 0.15) is 12.0 Å². The van der Waals surface area contributed by atoms with Crippen molar-refractivity contribution in [3.05, 3.63) is 35.9 Å². The third-order valence-corrected chi connectivity index (χ3v) is 2.30. The van der Waals surface area contributed by atoms with Gasteiger partial charge in [0.1, 0.15) is 0 Å². The van der Waals surface area contributed by atoms with Crippen molar-refractivity contribution in [3.8, 4) is 0 Å². The number of hydrogen-bond acceptors (Lipinski definition) is 1. The van der Waals surface area contributed by atoms with Crippen molar-refractivity contribution in [1.82, 2.24) is 0 Å². The van der Waals surface area contributed by atoms with Gasteiger partial charge in [0.15, 0.2) is 0 Å². The third-order valence-electron chi connectivity index (χ3n) is 2.30. The van der Waals surface area contributed by atoms with E-state index in [4.69, 9.17) is 5.73 Å². The second-order valence-corrected chi connectivity index (χ2v) is 3.51. The summed E-state index contributed by atoms with van der Waals surface area (Å²) in [6.07, 6.45) is -4.16. The third kappa shape index (κ3) is 3.91. The molecule has 0 saturated carbocycles. The first kappa shape index (κ1) is 12.0. The SMILES string of the molecule is NCCC(Cc1ccccc1)C(F)(F)F. The molecule has 1 aromatic rings. The van der Waals surface area contributed by atoms with E-state index in [0.717, 1.165) is 0 Å². The molecule has 0 bridgehead atoms. The Bertz CT molecular complexity index is 282. The van der Waals surface area contributed by atoms with Crippen LogP contribution in [0.4, 0.5) is 13.2 Å². The zero-order chi connectivity index (χ0) is 11.3. The van der Waals surface area contributed by atoms with Crippen LogP contribution in [0, 0.1) is 5.92 Å². The van der Waals surface area contributed by atoms with E-state index < -0.39 is 12.1 Å². The van der Waals surface area contributed by atoms with E-state index in [-0.39, 0.29) is 19.4 Å². The Kier molecular flexibility index (Phi) is 4.15. The van der Waals surface area contributed by atoms with Crippen molar-refractivity contribution in [2.75, 3.05) is 6.54 Å². The van der Waals surface area contributed by atoms with Gasteiger partial charge < -0.3 is 5.73 Å². The van der Waals surface area contributed by atoms with E-state index in [1.165, 1.54) is 0 Å². The molecular weight excluding hydrogens is 203 g/mol. The summed E-state index contributed by atoms with van der Waals surface area (Å²) in [5.41, 5.74) is 5.88. The van der Waals surface area contributed by atoms with E-state index in [1.807, 2.05) is 0 Å². The highest BCUT2D eigenvalue weighted by Crippen LogP contribution is 2.31. The van der Waals surface area contributed by atoms with Gasteiger partial charge in [-0.25, -0.2) is 0 Å². The number of rotatable bonds is 4. The minimum absolute atomic E-state index is 0.0154. The van der Waals surface area contributed by atoms with Crippen LogP contribution in [0.3, 0.4) is 0 Å². The number of alkyl halides is 3. The van der Waals surface area contributed by atoms with Crippen molar-refractivity contribution in [3.63, 3.8) is 0 Å². The molecule has 0 aromatic heterocycles. The molecule has 1 rings (SSSR count). The molecule has 0 aliphatic rings. The quantitative estimate of drug-likeness (QED) is 0.824. The molecule has 2 N–H and O–H groups in total. The van der Waals surface area contributed by atoms with Gasteiger partial charge in [-0.05, 0) is 24.9 Å². The van der Waals surface area contributed by atoms with Crippen LogP contribution in [0.5, 0.6) is 0 Å². The molecule has 1 unspecified atom stereocenters. The second kappa shape index (κ2) is 5.16. The molecule has 0 radical (unpaired) electrons. The maximum atomic E-state index is 12.5. The summed E-state index contributed by atoms with van der Waals surface area (Å²) in [4.78, 5) is 0. The molecule has 1 aromatic carbocycles. The number of nitrogens with two attached hydrogens (primary N) is 1. The van der Waals surface area contributed by atoms with Crippen molar-refractivity contribution in [2.45, 2.75) is 19.0 Å². The number of benzene rings is 1. The zero-order valence-corrected chi connectivity index (χ0v) is 8.30. The monoisotopic (exact) mass is 217 g/mol. The van der Waals surface area contributed by atoms with Crippen molar-refractivity contribution < 1.29 is 13.2 Å². The van der Waals surface area contributed by atoms with Crippen LogP contribution in [-0.4, -0.2) is 12.7 Å². The first-order valence-electron chi connectivity index (χ1n) is 4.84. The average Bonchev–Trinajstić information content (AvgIpc) is 2.17. The van der Waals surface area contributed by atoms with Gasteiger partial charge in [-0.3, -0.25) is 0 Å². The maximum absolute atomic E-state index is 12.5. The van der Waals surface area contributed by atoms with Crippen LogP contribution in [0.25, 0.3) is 0 Å². The highest BCUT2D eigenvalue weighted by atomic mass is 19.4. The minimum atomic E-state index is -4.16. The molecule has 4 heteroatoms. The molecule has 0 amide bonds. The van der Waals surface area contributed by atoms with E-state index >= 15 is 0 Å². The van der Waals surface area contributed by atoms with Crippen LogP contribution < -0.4 is 5.73 Å². The lowest BCUT2D eigenvalue weighted by Gasteiger charge is -2.19. The van der Waals surface area contributed by atoms with E-state index in [2.05, 4.69) is 0 Å². The Morgan fingerprint density at radius 1 is 1.13 bits per heavy atom. The zero-order valence-electron chi connectivity index (χ0n) is 8.30. The fraction of sp³-hybridized carbons (Fsp3) is 0.455. The second-order valence-electron chi connectivity index (χ2n) is 3.51. The lowest BCUT2D eigenvalue weighted by molar-refractivity contribution is -0.175. The largest absolute Gasteiger partial charge is 0.392 e. The fourth-order valence-corrected chi connectivity index (χ4v) is 1.48. The van der Waals surface area contributed by atoms with Crippen molar-refractivity contribution in [2.24, 2.45) is 11.7 Å². The molecule has 0 aliphatic carbocycles. The molecule has 0 heterocycles. The molecule has 0 aliphatic heterocycles. The van der Waals surface area contributed by atoms with Crippen LogP contribution in [0.15, 0.2) is 30.3 Å². The molecule has 0 saturated heterocycles. The predicted octanol–water partition coefficient (Wildman–Crippen LogP) is 2.76. The molecule has 0 spiro atoms. The minimum Gasteiger partial charge on any atom is -0.330 e. The lowest BCUT2D eigenvalue weighted by Crippen LogP contribution is -2.27. The van der Waals surface area contributed by atoms with E-state index in [1.54, 1.807) is 30.3 Å². The number of halogens is 3. The Hall–Kier alpha value is -1.03. The standard InChI is InChI=1S/C11H14F3N/c12-11(13,14)10(6-7-15)8-9-4-2-1-3-5-9/h1-5,10H,6-8,15H2. The Labute approximate surface area is 87.1 Å². The molecule has 1 atom stereocenters. The van der Waals surface area contributed by atoms with Crippen LogP contribution >= 0.6 is 0 Å². The Morgan fingerprint density at radius 2 is 1.73 bits per heavy atom. The van der Waals surface area contributed by atoms with Gasteiger partial charge >= 0.3 is 6.18 Å². The maximum Gasteiger partial charge on any atom is 0.392 e. The van der Waals surface area contributed by atoms with Gasteiger partial charge in [0.25, 0.3) is 0 Å². The Morgan fingerprint density at radius 3 is 2.20 bits per heavy atom. The van der Waals surface area contributed by atoms with Gasteiger partial charge in [0.05, 0.1) is 5.92 Å². The summed E-state index contributed by atoms with van der Waals surface area (Å²) in [5, 5.41) is 0. The van der Waals surface area contributed by atoms with Gasteiger partial charge in [-0.15, -0.1) is 0 Å². The van der Waals surface area contributed by atoms with Crippen LogP contribution in [0.2, 0.25) is 0 Å². The summed E-state index contributed by atoms with van der Waals surface area (Å²) in [7, 11) is 0. The topological polar surface area (TPSA) is 26.0 Å². The van der Waals surface area contributed by atoms with Gasteiger partial charge in [0, 0.05) is 0 Å². The average molecular weight is 217 g/mol. The number of hydrogen-bond donors (Lipinski definition) is 1. The highest BCUT2D eigenvalue weighted by Gasteiger charge is 2.38. The first-order chi connectivity index (χ1) is 7.04. The summed E-state index contributed by atoms with van der Waals surface area (Å²) in [6, 6.07) is 8.68. The van der Waals surface area contributed by atoms with Gasteiger partial charge in [0.2, 0.25) is 0 Å². The molecule has 15 heavy (non-hydrogen) atoms. The summed E-state index contributed by atoms with van der Waals surface area (Å²) in [5.74, 6) is -1.33. The van der Waals surface area contributed by atoms with Crippen molar-refractivity contribution >= 4 is 0 Å². The normalized spacial score (nSPS) is 13.9. The summed E-state index contributed by atoms with van der Waals surface area (Å²) in [6.45, 7) is 0.0665. The van der Waals surface area contributed by atoms with Crippen molar-refractivity contribution in [1.29, 1.82) is 0 Å². The van der Waals surface area contributed by atoms with Gasteiger partial charge in [-0.1, -0.05) is 30.3 Å². The fourth-order valence-electron chi connectivity index (χ4n) is 1.48. The molecule has 84 valence electrons. The predicted molar refractivity (Wildman–Crippen MR) is 53.4 cm³/mol. The first-order valence-corrected chi connectivity index (χ1v) is 4.84. The highest BCUT2D eigenvalue weighted by molar-refractivity contribution is 5.15. The molecule has 1 nitrogen and oxygen atoms in total. The molecular formula is C11H14F3N. The lowest BCUT2D eigenvalue weighted by atomic mass is 9.96. The Balaban J connectivity index is 2.67. The summed E-state index contributed by atoms with van der Waals surface area (Å²) < 4.78 is 37.6. The van der Waals surface area contributed by atoms with Crippen LogP contribution in [-0.2, 0) is 6.42 Å². The van der Waals surface area contributed by atoms with E-state index in [9.17, 15) is 13.2 Å². The summed E-state index contributed by atoms with van der Waals surface area (Å²) >= 11 is 0. The van der Waals surface area contributed by atoms with E-state index in [0.29, 0.717) is 5.56 Å².